The van der Waals surface area contributed by atoms with E-state index in [2.05, 4.69) is 11.4 Å². The van der Waals surface area contributed by atoms with Crippen LogP contribution in [-0.4, -0.2) is 28.8 Å². The molecule has 0 spiro atoms. The number of nitrogens with zero attached hydrogens (tertiary/aromatic N) is 1. The van der Waals surface area contributed by atoms with Gasteiger partial charge in [0.05, 0.1) is 0 Å². The van der Waals surface area contributed by atoms with Gasteiger partial charge >= 0.3 is 0 Å². The molecule has 0 saturated carbocycles. The number of carbonyl (C=O) groups excluding carboxylic acids is 2. The normalized spacial score (nSPS) is 12.6. The van der Waals surface area contributed by atoms with E-state index in [1.807, 2.05) is 99.6 Å². The third-order valence-electron chi connectivity index (χ3n) is 6.18. The minimum Gasteiger partial charge on any atom is -0.352 e. The predicted molar refractivity (Wildman–Crippen MR) is 138 cm³/mol. The standard InChI is InChI=1S/C30H36N2O2/c1-4-24(3)31-30(34)28(21-26-15-9-6-10-16-26)32(22-27-17-11-12-23(2)20-27)29(33)19-18-25-13-7-5-8-14-25/h5-17,20,24,28H,4,18-19,21-22H2,1-3H3,(H,31,34)/t24-,28-/m0/s1. The van der Waals surface area contributed by atoms with Gasteiger partial charge in [0.1, 0.15) is 6.04 Å². The molecule has 0 aliphatic rings. The summed E-state index contributed by atoms with van der Waals surface area (Å²) in [6.45, 7) is 6.50. The van der Waals surface area contributed by atoms with Crippen molar-refractivity contribution < 1.29 is 9.59 Å². The maximum atomic E-state index is 13.6. The van der Waals surface area contributed by atoms with Crippen LogP contribution in [0, 0.1) is 6.92 Å². The van der Waals surface area contributed by atoms with Gasteiger partial charge in [-0.3, -0.25) is 9.59 Å². The van der Waals surface area contributed by atoms with E-state index >= 15 is 0 Å². The Morgan fingerprint density at radius 1 is 0.853 bits per heavy atom. The Kier molecular flexibility index (Phi) is 9.45. The van der Waals surface area contributed by atoms with E-state index in [1.165, 1.54) is 0 Å². The SMILES string of the molecule is CC[C@H](C)NC(=O)[C@H](Cc1ccccc1)N(Cc1cccc(C)c1)C(=O)CCc1ccccc1. The number of carbonyl (C=O) groups is 2. The average Bonchev–Trinajstić information content (AvgIpc) is 2.85. The van der Waals surface area contributed by atoms with Gasteiger partial charge in [-0.2, -0.15) is 0 Å². The quantitative estimate of drug-likeness (QED) is 0.415. The molecule has 3 rings (SSSR count). The Morgan fingerprint density at radius 2 is 1.47 bits per heavy atom. The molecule has 0 radical (unpaired) electrons. The number of amides is 2. The van der Waals surface area contributed by atoms with Gasteiger partial charge in [-0.25, -0.2) is 0 Å². The van der Waals surface area contributed by atoms with Gasteiger partial charge in [-0.1, -0.05) is 97.4 Å². The highest BCUT2D eigenvalue weighted by Crippen LogP contribution is 2.18. The molecule has 0 fully saturated rings. The van der Waals surface area contributed by atoms with Gasteiger partial charge in [0.25, 0.3) is 0 Å². The van der Waals surface area contributed by atoms with E-state index in [0.717, 1.165) is 28.7 Å². The molecule has 1 N–H and O–H groups in total. The van der Waals surface area contributed by atoms with E-state index < -0.39 is 6.04 Å². The van der Waals surface area contributed by atoms with Crippen LogP contribution in [0.25, 0.3) is 0 Å². The van der Waals surface area contributed by atoms with E-state index in [0.29, 0.717) is 25.8 Å². The third-order valence-corrected chi connectivity index (χ3v) is 6.18. The summed E-state index contributed by atoms with van der Waals surface area (Å²) in [4.78, 5) is 28.9. The van der Waals surface area contributed by atoms with Crippen LogP contribution in [0.2, 0.25) is 0 Å². The van der Waals surface area contributed by atoms with Gasteiger partial charge in [0, 0.05) is 25.4 Å². The van der Waals surface area contributed by atoms with Crippen molar-refractivity contribution >= 4 is 11.8 Å². The van der Waals surface area contributed by atoms with Crippen molar-refractivity contribution in [2.45, 2.75) is 65.1 Å². The maximum absolute atomic E-state index is 13.6. The maximum Gasteiger partial charge on any atom is 0.243 e. The van der Waals surface area contributed by atoms with Crippen LogP contribution in [0.1, 0.15) is 48.9 Å². The molecule has 3 aromatic rings. The molecule has 0 aliphatic carbocycles. The Balaban J connectivity index is 1.91. The number of benzene rings is 3. The van der Waals surface area contributed by atoms with Gasteiger partial charge in [0.15, 0.2) is 0 Å². The fraction of sp³-hybridized carbons (Fsp3) is 0.333. The largest absolute Gasteiger partial charge is 0.352 e. The lowest BCUT2D eigenvalue weighted by Crippen LogP contribution is -2.52. The fourth-order valence-electron chi connectivity index (χ4n) is 4.04. The topological polar surface area (TPSA) is 49.4 Å². The molecule has 2 atom stereocenters. The highest BCUT2D eigenvalue weighted by Gasteiger charge is 2.30. The highest BCUT2D eigenvalue weighted by atomic mass is 16.2. The Hall–Kier alpha value is -3.40. The lowest BCUT2D eigenvalue weighted by molar-refractivity contribution is -0.141. The molecule has 0 heterocycles. The van der Waals surface area contributed by atoms with Crippen LogP contribution in [0.5, 0.6) is 0 Å². The summed E-state index contributed by atoms with van der Waals surface area (Å²) in [6.07, 6.45) is 2.32. The van der Waals surface area contributed by atoms with Crippen LogP contribution < -0.4 is 5.32 Å². The average molecular weight is 457 g/mol. The molecule has 0 aliphatic heterocycles. The Labute approximate surface area is 204 Å². The minimum absolute atomic E-state index is 0.00871. The zero-order valence-corrected chi connectivity index (χ0v) is 20.5. The highest BCUT2D eigenvalue weighted by molar-refractivity contribution is 5.88. The van der Waals surface area contributed by atoms with Crippen LogP contribution in [0.15, 0.2) is 84.9 Å². The van der Waals surface area contributed by atoms with Crippen molar-refractivity contribution in [2.75, 3.05) is 0 Å². The summed E-state index contributed by atoms with van der Waals surface area (Å²) in [7, 11) is 0. The number of aryl methyl sites for hydroxylation is 2. The molecule has 178 valence electrons. The molecule has 3 aromatic carbocycles. The summed E-state index contributed by atoms with van der Waals surface area (Å²) < 4.78 is 0. The van der Waals surface area contributed by atoms with E-state index in [9.17, 15) is 9.59 Å². The molecule has 4 heteroatoms. The molecule has 34 heavy (non-hydrogen) atoms. The predicted octanol–water partition coefficient (Wildman–Crippen LogP) is 5.48. The second kappa shape index (κ2) is 12.7. The van der Waals surface area contributed by atoms with Crippen molar-refractivity contribution in [1.29, 1.82) is 0 Å². The van der Waals surface area contributed by atoms with Crippen molar-refractivity contribution in [3.05, 3.63) is 107 Å². The second-order valence-electron chi connectivity index (χ2n) is 9.02. The molecule has 0 unspecified atom stereocenters. The van der Waals surface area contributed by atoms with Crippen LogP contribution in [0.3, 0.4) is 0 Å². The van der Waals surface area contributed by atoms with Crippen molar-refractivity contribution in [3.8, 4) is 0 Å². The zero-order valence-electron chi connectivity index (χ0n) is 20.5. The Morgan fingerprint density at radius 3 is 2.09 bits per heavy atom. The molecule has 0 bridgehead atoms. The van der Waals surface area contributed by atoms with Crippen LogP contribution in [-0.2, 0) is 29.0 Å². The summed E-state index contributed by atoms with van der Waals surface area (Å²) in [5.41, 5.74) is 4.33. The van der Waals surface area contributed by atoms with Crippen molar-refractivity contribution in [1.82, 2.24) is 10.2 Å². The number of nitrogens with one attached hydrogen (secondary N) is 1. The van der Waals surface area contributed by atoms with E-state index in [4.69, 9.17) is 0 Å². The van der Waals surface area contributed by atoms with Gasteiger partial charge < -0.3 is 10.2 Å². The molecular weight excluding hydrogens is 420 g/mol. The van der Waals surface area contributed by atoms with E-state index in [1.54, 1.807) is 4.90 Å². The molecule has 0 aromatic heterocycles. The smallest absolute Gasteiger partial charge is 0.243 e. The number of hydrogen-bond donors (Lipinski definition) is 1. The van der Waals surface area contributed by atoms with Gasteiger partial charge in [-0.05, 0) is 43.4 Å². The molecule has 4 nitrogen and oxygen atoms in total. The van der Waals surface area contributed by atoms with Gasteiger partial charge in [0.2, 0.25) is 11.8 Å². The molecular formula is C30H36N2O2. The molecule has 0 saturated heterocycles. The summed E-state index contributed by atoms with van der Waals surface area (Å²) >= 11 is 0. The first-order chi connectivity index (χ1) is 16.5. The third kappa shape index (κ3) is 7.58. The summed E-state index contributed by atoms with van der Waals surface area (Å²) in [5, 5.41) is 3.12. The lowest BCUT2D eigenvalue weighted by atomic mass is 10.0. The zero-order chi connectivity index (χ0) is 24.3. The number of rotatable bonds is 11. The van der Waals surface area contributed by atoms with Crippen molar-refractivity contribution in [3.63, 3.8) is 0 Å². The Bertz CT molecular complexity index is 1050. The van der Waals surface area contributed by atoms with Gasteiger partial charge in [-0.15, -0.1) is 0 Å². The monoisotopic (exact) mass is 456 g/mol. The molecule has 2 amide bonds. The first-order valence-corrected chi connectivity index (χ1v) is 12.2. The van der Waals surface area contributed by atoms with Crippen LogP contribution in [0.4, 0.5) is 0 Å². The van der Waals surface area contributed by atoms with Crippen molar-refractivity contribution in [2.24, 2.45) is 0 Å². The second-order valence-corrected chi connectivity index (χ2v) is 9.02. The number of hydrogen-bond acceptors (Lipinski definition) is 2. The lowest BCUT2D eigenvalue weighted by Gasteiger charge is -2.32. The van der Waals surface area contributed by atoms with E-state index in [-0.39, 0.29) is 17.9 Å². The van der Waals surface area contributed by atoms with Crippen LogP contribution >= 0.6 is 0 Å². The first-order valence-electron chi connectivity index (χ1n) is 12.2. The fourth-order valence-corrected chi connectivity index (χ4v) is 4.04. The first kappa shape index (κ1) is 25.2. The summed E-state index contributed by atoms with van der Waals surface area (Å²) in [6, 6.07) is 27.6. The minimum atomic E-state index is -0.583. The summed E-state index contributed by atoms with van der Waals surface area (Å²) in [5.74, 6) is -0.107.